The molecule has 55 heavy (non-hydrogen) atoms. The predicted molar refractivity (Wildman–Crippen MR) is 189 cm³/mol. The van der Waals surface area contributed by atoms with Crippen LogP contribution >= 0.6 is 0 Å². The molecule has 16 heteroatoms. The summed E-state index contributed by atoms with van der Waals surface area (Å²) in [6, 6.07) is 7.13. The minimum absolute atomic E-state index is 0.0980. The fourth-order valence-corrected chi connectivity index (χ4v) is 6.41. The number of ether oxygens (including phenoxy) is 9. The van der Waals surface area contributed by atoms with Crippen molar-refractivity contribution in [3.05, 3.63) is 53.8 Å². The van der Waals surface area contributed by atoms with Crippen LogP contribution in [0, 0.1) is 11.8 Å². The molecule has 1 aromatic rings. The van der Waals surface area contributed by atoms with E-state index in [1.165, 1.54) is 26.4 Å². The molecule has 0 spiro atoms. The molecular weight excluding hydrogens is 724 g/mol. The minimum atomic E-state index is -1.51. The quantitative estimate of drug-likeness (QED) is 0.0895. The monoisotopic (exact) mass is 774 g/mol. The van der Waals surface area contributed by atoms with Crippen LogP contribution in [0.3, 0.4) is 0 Å². The van der Waals surface area contributed by atoms with E-state index in [0.29, 0.717) is 37.9 Å². The molecule has 2 heterocycles. The van der Waals surface area contributed by atoms with Gasteiger partial charge in [0.1, 0.15) is 18.5 Å². The largest absolute Gasteiger partial charge is 0.472 e. The van der Waals surface area contributed by atoms with Crippen molar-refractivity contribution in [2.45, 2.75) is 117 Å². The summed E-state index contributed by atoms with van der Waals surface area (Å²) >= 11 is 0. The molecule has 0 saturated carbocycles. The Morgan fingerprint density at radius 1 is 0.782 bits per heavy atom. The number of ketones is 1. The Kier molecular flexibility index (Phi) is 17.5. The summed E-state index contributed by atoms with van der Waals surface area (Å²) in [6.07, 6.45) is -0.942. The topological polar surface area (TPSA) is 203 Å². The molecule has 2 aliphatic heterocycles. The van der Waals surface area contributed by atoms with E-state index in [-0.39, 0.29) is 17.8 Å². The number of carbonyl (C=O) groups is 7. The molecule has 1 saturated heterocycles. The third-order valence-corrected chi connectivity index (χ3v) is 8.73. The Morgan fingerprint density at radius 3 is 2.00 bits per heavy atom. The summed E-state index contributed by atoms with van der Waals surface area (Å²) in [5.74, 6) is -4.73. The van der Waals surface area contributed by atoms with Gasteiger partial charge in [0, 0.05) is 52.9 Å². The molecule has 0 aromatic heterocycles. The first-order valence-electron chi connectivity index (χ1n) is 18.0. The van der Waals surface area contributed by atoms with Gasteiger partial charge in [-0.2, -0.15) is 0 Å². The molecule has 0 unspecified atom stereocenters. The van der Waals surface area contributed by atoms with Crippen LogP contribution in [-0.4, -0.2) is 92.3 Å². The molecule has 2 aliphatic rings. The van der Waals surface area contributed by atoms with Gasteiger partial charge < -0.3 is 42.6 Å². The zero-order valence-corrected chi connectivity index (χ0v) is 32.1. The molecule has 1 aromatic carbocycles. The van der Waals surface area contributed by atoms with Crippen molar-refractivity contribution in [3.63, 3.8) is 0 Å². The SMILES string of the molecule is CC[C@H]1[C@H](O[C@@H]2O[C@H](COC(C)=O)[C@@H](OC(C)=O)[C@H](OC(C)=O)[C@H]2OC(C)=O)OC=C(C(=O)OC)[C@H]1CCCC(=O)/C=C/CCc1ccc(OC(C)=O)cc1. The van der Waals surface area contributed by atoms with Crippen LogP contribution in [0.1, 0.15) is 79.2 Å². The molecule has 0 bridgehead atoms. The van der Waals surface area contributed by atoms with Gasteiger partial charge in [0.25, 0.3) is 0 Å². The van der Waals surface area contributed by atoms with Crippen molar-refractivity contribution in [3.8, 4) is 5.75 Å². The lowest BCUT2D eigenvalue weighted by atomic mass is 9.79. The zero-order valence-electron chi connectivity index (χ0n) is 32.1. The van der Waals surface area contributed by atoms with Crippen molar-refractivity contribution in [1.29, 1.82) is 0 Å². The third kappa shape index (κ3) is 13.9. The Morgan fingerprint density at radius 2 is 1.42 bits per heavy atom. The van der Waals surface area contributed by atoms with Crippen LogP contribution in [0.25, 0.3) is 0 Å². The number of hydrogen-bond acceptors (Lipinski definition) is 16. The highest BCUT2D eigenvalue weighted by Crippen LogP contribution is 2.40. The molecule has 3 rings (SSSR count). The highest BCUT2D eigenvalue weighted by molar-refractivity contribution is 5.90. The second-order valence-electron chi connectivity index (χ2n) is 13.0. The zero-order chi connectivity index (χ0) is 40.7. The van der Waals surface area contributed by atoms with E-state index >= 15 is 0 Å². The van der Waals surface area contributed by atoms with E-state index in [9.17, 15) is 33.6 Å². The fraction of sp³-hybridized carbons (Fsp3) is 0.564. The van der Waals surface area contributed by atoms with Gasteiger partial charge in [0.2, 0.25) is 12.6 Å². The van der Waals surface area contributed by atoms with Gasteiger partial charge in [-0.05, 0) is 55.9 Å². The Bertz CT molecular complexity index is 1580. The minimum Gasteiger partial charge on any atom is -0.472 e. The van der Waals surface area contributed by atoms with Crippen LogP contribution in [-0.2, 0) is 77.9 Å². The molecule has 8 atom stereocenters. The van der Waals surface area contributed by atoms with Crippen molar-refractivity contribution < 1.29 is 76.2 Å². The Hall–Kier alpha value is -5.09. The maximum atomic E-state index is 12.9. The lowest BCUT2D eigenvalue weighted by molar-refractivity contribution is -0.344. The molecular formula is C39H50O16. The van der Waals surface area contributed by atoms with Gasteiger partial charge in [-0.15, -0.1) is 0 Å². The number of benzene rings is 1. The maximum Gasteiger partial charge on any atom is 0.337 e. The van der Waals surface area contributed by atoms with Crippen molar-refractivity contribution in [2.75, 3.05) is 13.7 Å². The summed E-state index contributed by atoms with van der Waals surface area (Å²) in [7, 11) is 1.24. The van der Waals surface area contributed by atoms with E-state index < -0.39 is 91.3 Å². The second-order valence-corrected chi connectivity index (χ2v) is 13.0. The van der Waals surface area contributed by atoms with Crippen molar-refractivity contribution >= 4 is 41.6 Å². The van der Waals surface area contributed by atoms with Crippen LogP contribution in [0.5, 0.6) is 5.75 Å². The van der Waals surface area contributed by atoms with Gasteiger partial charge >= 0.3 is 35.8 Å². The van der Waals surface area contributed by atoms with Gasteiger partial charge in [0.05, 0.1) is 18.9 Å². The number of esters is 6. The van der Waals surface area contributed by atoms with Gasteiger partial charge in [-0.3, -0.25) is 28.8 Å². The normalized spacial score (nSPS) is 24.7. The standard InChI is InChI=1S/C39H50O16/c1-8-30-31(15-11-14-28(45)13-10-9-12-27-16-18-29(19-17-27)50-23(3)41)32(37(46)47-7)20-49-38(30)55-39-36(53-26(6)44)35(52-25(5)43)34(51-24(4)42)33(54-39)21-48-22(2)40/h10,13,16-20,30-31,33-36,38-39H,8-9,11-12,14-15,21H2,1-7H3/b13-10+/t30-,31+,33-,34-,35+,36-,38+,39+/m1/s1. The van der Waals surface area contributed by atoms with Crippen molar-refractivity contribution in [2.24, 2.45) is 11.8 Å². The first kappa shape index (κ1) is 44.3. The Labute approximate surface area is 319 Å². The summed E-state index contributed by atoms with van der Waals surface area (Å²) in [6.45, 7) is 7.25. The molecule has 0 radical (unpaired) electrons. The van der Waals surface area contributed by atoms with E-state index in [1.54, 1.807) is 18.2 Å². The second kappa shape index (κ2) is 21.7. The number of rotatable bonds is 18. The third-order valence-electron chi connectivity index (χ3n) is 8.73. The van der Waals surface area contributed by atoms with Crippen LogP contribution in [0.15, 0.2) is 48.3 Å². The fourth-order valence-electron chi connectivity index (χ4n) is 6.41. The number of hydrogen-bond donors (Lipinski definition) is 0. The average molecular weight is 775 g/mol. The molecule has 0 aliphatic carbocycles. The lowest BCUT2D eigenvalue weighted by Gasteiger charge is -2.46. The Balaban J connectivity index is 1.77. The molecule has 302 valence electrons. The lowest BCUT2D eigenvalue weighted by Crippen LogP contribution is -2.63. The highest BCUT2D eigenvalue weighted by Gasteiger charge is 2.54. The van der Waals surface area contributed by atoms with Gasteiger partial charge in [-0.25, -0.2) is 4.79 Å². The van der Waals surface area contributed by atoms with Crippen LogP contribution < -0.4 is 4.74 Å². The number of allylic oxidation sites excluding steroid dienone is 2. The maximum absolute atomic E-state index is 12.9. The average Bonchev–Trinajstić information content (AvgIpc) is 3.11. The smallest absolute Gasteiger partial charge is 0.337 e. The number of aryl methyl sites for hydroxylation is 1. The van der Waals surface area contributed by atoms with Crippen molar-refractivity contribution in [1.82, 2.24) is 0 Å². The van der Waals surface area contributed by atoms with E-state index in [4.69, 9.17) is 42.6 Å². The summed E-state index contributed by atoms with van der Waals surface area (Å²) < 4.78 is 50.0. The summed E-state index contributed by atoms with van der Waals surface area (Å²) in [4.78, 5) is 85.2. The highest BCUT2D eigenvalue weighted by atomic mass is 16.8. The van der Waals surface area contributed by atoms with Gasteiger partial charge in [0.15, 0.2) is 24.1 Å². The molecule has 16 nitrogen and oxygen atoms in total. The predicted octanol–water partition coefficient (Wildman–Crippen LogP) is 4.00. The van der Waals surface area contributed by atoms with E-state index in [0.717, 1.165) is 33.3 Å². The number of methoxy groups -OCH3 is 1. The van der Waals surface area contributed by atoms with Crippen LogP contribution in [0.4, 0.5) is 0 Å². The van der Waals surface area contributed by atoms with Gasteiger partial charge in [-0.1, -0.05) is 25.1 Å². The summed E-state index contributed by atoms with van der Waals surface area (Å²) in [5, 5.41) is 0. The van der Waals surface area contributed by atoms with Crippen LogP contribution in [0.2, 0.25) is 0 Å². The first-order chi connectivity index (χ1) is 26.1. The molecule has 1 fully saturated rings. The number of carbonyl (C=O) groups excluding carboxylic acids is 7. The molecule has 0 amide bonds. The first-order valence-corrected chi connectivity index (χ1v) is 18.0. The summed E-state index contributed by atoms with van der Waals surface area (Å²) in [5.41, 5.74) is 1.25. The molecule has 0 N–H and O–H groups in total. The van der Waals surface area contributed by atoms with E-state index in [1.807, 2.05) is 19.1 Å². The van der Waals surface area contributed by atoms with E-state index in [2.05, 4.69) is 0 Å².